The second kappa shape index (κ2) is 1.09. The molecule has 0 amide bonds. The molecule has 0 N–H and O–H groups in total. The van der Waals surface area contributed by atoms with Crippen molar-refractivity contribution < 1.29 is 0 Å². The maximum absolute atomic E-state index is 2.52. The first kappa shape index (κ1) is 5.62. The molecule has 0 aromatic rings. The largest absolute Gasteiger partial charge is 0.0591 e. The van der Waals surface area contributed by atoms with E-state index in [2.05, 4.69) is 20.8 Å². The minimum absolute atomic E-state index is 0.697. The van der Waals surface area contributed by atoms with Crippen LogP contribution in [0.1, 0.15) is 33.6 Å². The van der Waals surface area contributed by atoms with Crippen LogP contribution in [0.15, 0.2) is 0 Å². The van der Waals surface area contributed by atoms with Crippen LogP contribution < -0.4 is 0 Å². The van der Waals surface area contributed by atoms with E-state index < -0.39 is 0 Å². The zero-order valence-corrected chi connectivity index (χ0v) is 7.15. The maximum Gasteiger partial charge on any atom is -0.0209 e. The van der Waals surface area contributed by atoms with Crippen molar-refractivity contribution in [2.24, 2.45) is 28.6 Å². The summed E-state index contributed by atoms with van der Waals surface area (Å²) in [5.41, 5.74) is 1.49. The van der Waals surface area contributed by atoms with Gasteiger partial charge in [-0.15, -0.1) is 0 Å². The monoisotopic (exact) mass is 136 g/mol. The van der Waals surface area contributed by atoms with E-state index in [0.29, 0.717) is 5.41 Å². The Morgan fingerprint density at radius 3 is 1.60 bits per heavy atom. The van der Waals surface area contributed by atoms with Gasteiger partial charge in [0.25, 0.3) is 0 Å². The third-order valence-electron chi connectivity index (χ3n) is 5.40. The third-order valence-corrected chi connectivity index (χ3v) is 5.40. The highest BCUT2D eigenvalue weighted by Gasteiger charge is 2.79. The Morgan fingerprint density at radius 2 is 1.50 bits per heavy atom. The molecule has 10 heavy (non-hydrogen) atoms. The molecule has 0 radical (unpaired) electrons. The van der Waals surface area contributed by atoms with E-state index in [0.717, 1.165) is 23.2 Å². The average molecular weight is 136 g/mol. The first-order valence-electron chi connectivity index (χ1n) is 4.58. The summed E-state index contributed by atoms with van der Waals surface area (Å²) in [6.07, 6.45) is 3.13. The minimum atomic E-state index is 0.697. The lowest BCUT2D eigenvalue weighted by atomic mass is 9.76. The van der Waals surface area contributed by atoms with Crippen molar-refractivity contribution in [3.63, 3.8) is 0 Å². The highest BCUT2D eigenvalue weighted by atomic mass is 14.8. The highest BCUT2D eigenvalue weighted by molar-refractivity contribution is 5.27. The van der Waals surface area contributed by atoms with Gasteiger partial charge >= 0.3 is 0 Å². The lowest BCUT2D eigenvalue weighted by Crippen LogP contribution is -2.22. The van der Waals surface area contributed by atoms with Crippen molar-refractivity contribution in [3.05, 3.63) is 0 Å². The first-order chi connectivity index (χ1) is 4.58. The number of hydrogen-bond acceptors (Lipinski definition) is 0. The quantitative estimate of drug-likeness (QED) is 0.480. The fourth-order valence-corrected chi connectivity index (χ4v) is 4.21. The fraction of sp³-hybridized carbons (Fsp3) is 1.00. The Balaban J connectivity index is 2.17. The topological polar surface area (TPSA) is 0 Å². The van der Waals surface area contributed by atoms with Crippen LogP contribution in [0.2, 0.25) is 0 Å². The first-order valence-corrected chi connectivity index (χ1v) is 4.58. The molecule has 56 valence electrons. The summed E-state index contributed by atoms with van der Waals surface area (Å²) in [5.74, 6) is 3.38. The SMILES string of the molecule is CC1(C)C2C[C@H]3[C@H](C2)C31C. The van der Waals surface area contributed by atoms with Crippen molar-refractivity contribution in [2.45, 2.75) is 33.6 Å². The van der Waals surface area contributed by atoms with Crippen LogP contribution in [0, 0.1) is 28.6 Å². The van der Waals surface area contributed by atoms with Crippen LogP contribution in [-0.2, 0) is 0 Å². The van der Waals surface area contributed by atoms with E-state index in [1.54, 1.807) is 12.8 Å². The molecule has 4 aliphatic rings. The molecule has 0 heterocycles. The van der Waals surface area contributed by atoms with Gasteiger partial charge in [-0.3, -0.25) is 0 Å². The van der Waals surface area contributed by atoms with E-state index in [1.807, 2.05) is 0 Å². The van der Waals surface area contributed by atoms with Crippen LogP contribution in [-0.4, -0.2) is 0 Å². The van der Waals surface area contributed by atoms with Gasteiger partial charge in [0.1, 0.15) is 0 Å². The summed E-state index contributed by atoms with van der Waals surface area (Å²) in [5, 5.41) is 0. The summed E-state index contributed by atoms with van der Waals surface area (Å²) in [6, 6.07) is 0. The van der Waals surface area contributed by atoms with E-state index >= 15 is 0 Å². The van der Waals surface area contributed by atoms with Crippen molar-refractivity contribution in [3.8, 4) is 0 Å². The van der Waals surface area contributed by atoms with Crippen molar-refractivity contribution in [1.29, 1.82) is 0 Å². The molecular weight excluding hydrogens is 120 g/mol. The Morgan fingerprint density at radius 1 is 1.00 bits per heavy atom. The minimum Gasteiger partial charge on any atom is -0.0591 e. The van der Waals surface area contributed by atoms with Gasteiger partial charge in [0.15, 0.2) is 0 Å². The Bertz CT molecular complexity index is 187. The van der Waals surface area contributed by atoms with Gasteiger partial charge in [-0.1, -0.05) is 20.8 Å². The molecule has 2 atom stereocenters. The number of hydrogen-bond donors (Lipinski definition) is 0. The van der Waals surface area contributed by atoms with E-state index in [-0.39, 0.29) is 0 Å². The normalized spacial score (nSPS) is 66.9. The van der Waals surface area contributed by atoms with Crippen LogP contribution in [0.3, 0.4) is 0 Å². The van der Waals surface area contributed by atoms with E-state index in [9.17, 15) is 0 Å². The van der Waals surface area contributed by atoms with Crippen LogP contribution >= 0.6 is 0 Å². The molecule has 0 aliphatic heterocycles. The van der Waals surface area contributed by atoms with Gasteiger partial charge < -0.3 is 0 Å². The average Bonchev–Trinajstić information content (AvgIpc) is 2.30. The number of rotatable bonds is 0. The molecule has 4 aliphatic carbocycles. The molecule has 0 aromatic carbocycles. The smallest absolute Gasteiger partial charge is 0.0209 e. The van der Waals surface area contributed by atoms with E-state index in [1.165, 1.54) is 0 Å². The highest BCUT2D eigenvalue weighted by Crippen LogP contribution is 2.85. The fourth-order valence-electron chi connectivity index (χ4n) is 4.21. The summed E-state index contributed by atoms with van der Waals surface area (Å²) >= 11 is 0. The van der Waals surface area contributed by atoms with Crippen molar-refractivity contribution in [2.75, 3.05) is 0 Å². The molecule has 0 nitrogen and oxygen atoms in total. The molecular formula is C10H16. The lowest BCUT2D eigenvalue weighted by molar-refractivity contribution is 0.200. The van der Waals surface area contributed by atoms with Gasteiger partial charge in [-0.05, 0) is 41.4 Å². The molecule has 4 saturated carbocycles. The molecule has 0 aromatic heterocycles. The standard InChI is InChI=1S/C10H16/c1-9(2)6-4-7-8(5-6)10(7,9)3/h6-8H,4-5H2,1-3H3/t6?,7-,8-,10?/m0/s1. The van der Waals surface area contributed by atoms with Gasteiger partial charge in [-0.2, -0.15) is 0 Å². The summed E-state index contributed by atoms with van der Waals surface area (Å²) in [6.45, 7) is 7.50. The lowest BCUT2D eigenvalue weighted by Gasteiger charge is -2.28. The van der Waals surface area contributed by atoms with Crippen LogP contribution in [0.4, 0.5) is 0 Å². The summed E-state index contributed by atoms with van der Waals surface area (Å²) < 4.78 is 0. The molecule has 4 fully saturated rings. The van der Waals surface area contributed by atoms with E-state index in [4.69, 9.17) is 0 Å². The van der Waals surface area contributed by atoms with Crippen LogP contribution in [0.5, 0.6) is 0 Å². The zero-order valence-electron chi connectivity index (χ0n) is 7.15. The summed E-state index contributed by atoms with van der Waals surface area (Å²) in [7, 11) is 0. The van der Waals surface area contributed by atoms with Gasteiger partial charge in [0, 0.05) is 0 Å². The second-order valence-corrected chi connectivity index (χ2v) is 5.39. The zero-order chi connectivity index (χ0) is 7.15. The predicted octanol–water partition coefficient (Wildman–Crippen LogP) is 2.69. The molecule has 4 rings (SSSR count). The molecule has 0 saturated heterocycles. The van der Waals surface area contributed by atoms with Gasteiger partial charge in [0.2, 0.25) is 0 Å². The Kier molecular flexibility index (Phi) is 0.612. The predicted molar refractivity (Wildman–Crippen MR) is 41.6 cm³/mol. The third kappa shape index (κ3) is 0.286. The van der Waals surface area contributed by atoms with Gasteiger partial charge in [0.05, 0.1) is 0 Å². The Hall–Kier alpha value is 0. The van der Waals surface area contributed by atoms with Crippen molar-refractivity contribution in [1.82, 2.24) is 0 Å². The molecule has 0 unspecified atom stereocenters. The molecule has 0 heteroatoms. The van der Waals surface area contributed by atoms with Gasteiger partial charge in [-0.25, -0.2) is 0 Å². The molecule has 0 spiro atoms. The Labute approximate surface area is 63.0 Å². The molecule has 4 bridgehead atoms. The summed E-state index contributed by atoms with van der Waals surface area (Å²) in [4.78, 5) is 0. The van der Waals surface area contributed by atoms with Crippen molar-refractivity contribution >= 4 is 0 Å². The second-order valence-electron chi connectivity index (χ2n) is 5.39. The maximum atomic E-state index is 2.52. The van der Waals surface area contributed by atoms with Crippen LogP contribution in [0.25, 0.3) is 0 Å².